The van der Waals surface area contributed by atoms with E-state index >= 15 is 0 Å². The number of aliphatic carboxylic acids is 2. The number of hydrogen-bond acceptors (Lipinski definition) is 4. The van der Waals surface area contributed by atoms with Gasteiger partial charge in [0.05, 0.1) is 22.8 Å². The number of fused-ring (bicyclic) bond motifs is 8. The molecule has 2 aliphatic heterocycles. The van der Waals surface area contributed by atoms with E-state index in [1.54, 1.807) is 12.2 Å². The molecule has 0 aliphatic carbocycles. The van der Waals surface area contributed by atoms with E-state index in [9.17, 15) is 19.8 Å². The zero-order valence-electron chi connectivity index (χ0n) is 24.7. The van der Waals surface area contributed by atoms with E-state index in [1.165, 1.54) is 0 Å². The van der Waals surface area contributed by atoms with Gasteiger partial charge < -0.3 is 20.2 Å². The second-order valence-corrected chi connectivity index (χ2v) is 10.6. The zero-order chi connectivity index (χ0) is 30.3. The molecule has 5 heterocycles. The second-order valence-electron chi connectivity index (χ2n) is 10.6. The molecule has 8 bridgehead atoms. The number of carboxylic acid groups (broad SMARTS) is 2. The van der Waals surface area contributed by atoms with Crippen LogP contribution in [0.25, 0.3) is 44.4 Å². The van der Waals surface area contributed by atoms with Crippen molar-refractivity contribution in [1.29, 1.82) is 0 Å². The third-order valence-corrected chi connectivity index (χ3v) is 8.06. The van der Waals surface area contributed by atoms with Gasteiger partial charge in [-0.25, -0.2) is 9.97 Å². The molecule has 2 aliphatic rings. The summed E-state index contributed by atoms with van der Waals surface area (Å²) in [5.74, 6) is -1.80. The number of rotatable bonds is 8. The summed E-state index contributed by atoms with van der Waals surface area (Å²) in [6, 6.07) is 7.62. The molecule has 216 valence electrons. The Morgan fingerprint density at radius 3 is 1.49 bits per heavy atom. The van der Waals surface area contributed by atoms with Crippen LogP contribution in [-0.4, -0.2) is 32.1 Å². The molecule has 0 amide bonds. The smallest absolute Gasteiger partial charge is 0.657 e. The number of carboxylic acids is 2. The minimum atomic E-state index is -0.898. The van der Waals surface area contributed by atoms with E-state index in [1.807, 2.05) is 52.0 Å². The number of nitrogens with zero attached hydrogens (tertiary/aromatic N) is 4. The van der Waals surface area contributed by atoms with Crippen molar-refractivity contribution >= 4 is 56.3 Å². The molecule has 0 fully saturated rings. The van der Waals surface area contributed by atoms with Crippen LogP contribution in [0.4, 0.5) is 0 Å². The minimum Gasteiger partial charge on any atom is -0.657 e. The van der Waals surface area contributed by atoms with Gasteiger partial charge in [0, 0.05) is 24.0 Å². The maximum Gasteiger partial charge on any atom is 2.00 e. The molecule has 0 aromatic carbocycles. The Morgan fingerprint density at radius 1 is 0.674 bits per heavy atom. The molecule has 0 unspecified atom stereocenters. The van der Waals surface area contributed by atoms with Gasteiger partial charge in [-0.1, -0.05) is 65.8 Å². The number of aryl methyl sites for hydroxylation is 4. The van der Waals surface area contributed by atoms with Crippen LogP contribution in [0, 0.1) is 13.8 Å². The zero-order valence-corrected chi connectivity index (χ0v) is 26.3. The van der Waals surface area contributed by atoms with Crippen LogP contribution in [0.5, 0.6) is 0 Å². The van der Waals surface area contributed by atoms with Crippen LogP contribution in [0.15, 0.2) is 49.6 Å². The van der Waals surface area contributed by atoms with Crippen LogP contribution >= 0.6 is 0 Å². The van der Waals surface area contributed by atoms with Gasteiger partial charge >= 0.3 is 33.7 Å². The number of carbonyl (C=O) groups is 2. The summed E-state index contributed by atoms with van der Waals surface area (Å²) in [5.41, 5.74) is 12.6. The molecule has 8 nitrogen and oxygen atoms in total. The molecule has 0 saturated carbocycles. The fraction of sp³-hybridized carbons (Fsp3) is 0.235. The Labute approximate surface area is 264 Å². The monoisotopic (exact) mass is 608 g/mol. The molecule has 2 N–H and O–H groups in total. The molecule has 0 radical (unpaired) electrons. The summed E-state index contributed by atoms with van der Waals surface area (Å²) in [5, 5.41) is 18.9. The van der Waals surface area contributed by atoms with Gasteiger partial charge in [0.25, 0.3) is 0 Å². The average molecular weight is 609 g/mol. The molecule has 5 rings (SSSR count). The fourth-order valence-electron chi connectivity index (χ4n) is 5.61. The first-order chi connectivity index (χ1) is 20.0. The first-order valence-corrected chi connectivity index (χ1v) is 13.8. The summed E-state index contributed by atoms with van der Waals surface area (Å²) < 4.78 is 0. The molecule has 3 aromatic rings. The number of allylic oxidation sites excluding steroid dienone is 6. The molecule has 0 atom stereocenters. The van der Waals surface area contributed by atoms with Gasteiger partial charge in [0.15, 0.2) is 0 Å². The quantitative estimate of drug-likeness (QED) is 0.279. The SMILES string of the molecule is C=CC1=C(C)c2cc3[n-]c(cc4[n-]c(cc5nc(cc1n2)C(C)=C5C=C)c(C)c4CCC(=O)O)c(CCC(=O)O)c3C.[Ti+2]. The maximum absolute atomic E-state index is 11.5. The third kappa shape index (κ3) is 5.98. The van der Waals surface area contributed by atoms with Crippen molar-refractivity contribution < 1.29 is 41.5 Å². The van der Waals surface area contributed by atoms with Crippen LogP contribution in [0.1, 0.15) is 71.7 Å². The summed E-state index contributed by atoms with van der Waals surface area (Å²) in [7, 11) is 0. The van der Waals surface area contributed by atoms with Crippen molar-refractivity contribution in [2.45, 2.75) is 53.4 Å². The Kier molecular flexibility index (Phi) is 9.23. The Bertz CT molecular complexity index is 1920. The van der Waals surface area contributed by atoms with E-state index in [2.05, 4.69) is 13.2 Å². The Balaban J connectivity index is 0.00000423. The standard InChI is InChI=1S/C34H34N4O4.Ti/c1-7-21-17(3)25-13-26-19(5)23(9-11-33(39)40)31(37-26)16-32-24(10-12-34(41)42)20(6)28(38-32)15-30-22(8-2)18(4)27(36-30)14-29(21)35-25;/h7-8,13-16H,1-2,9-12H2,3-6H3,(H4,35,36,37,38,39,40,41,42);/q;+2/p-2. The van der Waals surface area contributed by atoms with Gasteiger partial charge in [-0.3, -0.25) is 9.59 Å². The first kappa shape index (κ1) is 31.7. The third-order valence-electron chi connectivity index (χ3n) is 8.06. The van der Waals surface area contributed by atoms with Gasteiger partial charge in [0.1, 0.15) is 0 Å². The predicted octanol–water partition coefficient (Wildman–Crippen LogP) is 6.46. The molecular formula is C34H32N4O4Ti. The van der Waals surface area contributed by atoms with Crippen molar-refractivity contribution in [3.05, 3.63) is 94.6 Å². The van der Waals surface area contributed by atoms with E-state index in [4.69, 9.17) is 19.9 Å². The van der Waals surface area contributed by atoms with E-state index in [0.717, 1.165) is 61.6 Å². The topological polar surface area (TPSA) is 129 Å². The normalized spacial score (nSPS) is 12.7. The minimum absolute atomic E-state index is 0. The van der Waals surface area contributed by atoms with Crippen molar-refractivity contribution in [3.8, 4) is 0 Å². The number of hydrogen-bond donors (Lipinski definition) is 2. The van der Waals surface area contributed by atoms with Gasteiger partial charge in [-0.05, 0) is 57.7 Å². The van der Waals surface area contributed by atoms with E-state index in [-0.39, 0.29) is 34.6 Å². The van der Waals surface area contributed by atoms with E-state index in [0.29, 0.717) is 40.6 Å². The van der Waals surface area contributed by atoms with E-state index < -0.39 is 11.9 Å². The maximum atomic E-state index is 11.5. The van der Waals surface area contributed by atoms with Crippen LogP contribution in [0.3, 0.4) is 0 Å². The average Bonchev–Trinajstić information content (AvgIpc) is 3.59. The molecule has 0 saturated heterocycles. The van der Waals surface area contributed by atoms with Crippen LogP contribution in [0.2, 0.25) is 0 Å². The van der Waals surface area contributed by atoms with Crippen molar-refractivity contribution in [1.82, 2.24) is 19.9 Å². The molecule has 9 heteroatoms. The Hall–Kier alpha value is -4.27. The molecule has 3 aromatic heterocycles. The second kappa shape index (κ2) is 12.5. The fourth-order valence-corrected chi connectivity index (χ4v) is 5.61. The predicted molar refractivity (Wildman–Crippen MR) is 166 cm³/mol. The summed E-state index contributed by atoms with van der Waals surface area (Å²) in [6.45, 7) is 15.9. The van der Waals surface area contributed by atoms with Crippen LogP contribution in [-0.2, 0) is 44.1 Å². The van der Waals surface area contributed by atoms with Gasteiger partial charge in [-0.2, -0.15) is 0 Å². The Morgan fingerprint density at radius 2 is 1.07 bits per heavy atom. The molecular weight excluding hydrogens is 576 g/mol. The molecule has 0 spiro atoms. The van der Waals surface area contributed by atoms with Crippen molar-refractivity contribution in [2.24, 2.45) is 0 Å². The summed E-state index contributed by atoms with van der Waals surface area (Å²) >= 11 is 0. The van der Waals surface area contributed by atoms with Crippen molar-refractivity contribution in [3.63, 3.8) is 0 Å². The van der Waals surface area contributed by atoms with Gasteiger partial charge in [-0.15, -0.1) is 22.1 Å². The summed E-state index contributed by atoms with van der Waals surface area (Å²) in [4.78, 5) is 42.7. The number of aromatic nitrogens is 4. The van der Waals surface area contributed by atoms with Crippen molar-refractivity contribution in [2.75, 3.05) is 0 Å². The van der Waals surface area contributed by atoms with Crippen LogP contribution < -0.4 is 9.97 Å². The van der Waals surface area contributed by atoms with Gasteiger partial charge in [0.2, 0.25) is 0 Å². The summed E-state index contributed by atoms with van der Waals surface area (Å²) in [6.07, 6.45) is 4.06. The first-order valence-electron chi connectivity index (χ1n) is 13.8. The largest absolute Gasteiger partial charge is 2.00 e. The molecule has 43 heavy (non-hydrogen) atoms.